The van der Waals surface area contributed by atoms with Crippen molar-refractivity contribution in [2.45, 2.75) is 13.3 Å². The maximum absolute atomic E-state index is 12.6. The first-order valence-electron chi connectivity index (χ1n) is 8.93. The summed E-state index contributed by atoms with van der Waals surface area (Å²) in [4.78, 5) is 49.1. The molecule has 2 N–H and O–H groups in total. The number of H-pyrrole nitrogens is 1. The highest BCUT2D eigenvalue weighted by molar-refractivity contribution is 7.16. The van der Waals surface area contributed by atoms with E-state index in [1.807, 2.05) is 19.1 Å². The summed E-state index contributed by atoms with van der Waals surface area (Å²) < 4.78 is 0.952. The van der Waals surface area contributed by atoms with E-state index in [0.29, 0.717) is 15.7 Å². The molecule has 0 fully saturated rings. The number of fused-ring (bicyclic) bond motifs is 1. The van der Waals surface area contributed by atoms with Crippen molar-refractivity contribution < 1.29 is 4.79 Å². The molecule has 8 nitrogen and oxygen atoms in total. The van der Waals surface area contributed by atoms with E-state index in [1.165, 1.54) is 30.6 Å². The molecule has 30 heavy (non-hydrogen) atoms. The van der Waals surface area contributed by atoms with Gasteiger partial charge in [-0.1, -0.05) is 23.7 Å². The Bertz CT molecular complexity index is 1390. The molecular formula is C20H16ClN5O3S. The largest absolute Gasteiger partial charge is 0.328 e. The van der Waals surface area contributed by atoms with E-state index in [2.05, 4.69) is 20.3 Å². The fourth-order valence-electron chi connectivity index (χ4n) is 3.08. The number of aromatic nitrogens is 4. The fourth-order valence-corrected chi connectivity index (χ4v) is 4.06. The number of anilines is 1. The number of pyridine rings is 1. The molecule has 1 amide bonds. The van der Waals surface area contributed by atoms with Crippen LogP contribution in [0.1, 0.15) is 10.6 Å². The Balaban J connectivity index is 1.60. The number of amides is 1. The van der Waals surface area contributed by atoms with Gasteiger partial charge in [-0.3, -0.25) is 19.1 Å². The second kappa shape index (κ2) is 7.85. The molecule has 3 heterocycles. The Morgan fingerprint density at radius 2 is 1.97 bits per heavy atom. The van der Waals surface area contributed by atoms with Gasteiger partial charge in [0.15, 0.2) is 5.13 Å². The highest BCUT2D eigenvalue weighted by Gasteiger charge is 2.16. The zero-order valence-electron chi connectivity index (χ0n) is 16.0. The first-order chi connectivity index (χ1) is 14.3. The lowest BCUT2D eigenvalue weighted by atomic mass is 10.1. The molecule has 4 aromatic rings. The molecule has 0 aliphatic carbocycles. The number of carbonyl (C=O) groups excluding carboxylic acids is 1. The van der Waals surface area contributed by atoms with Crippen molar-refractivity contribution in [1.29, 1.82) is 0 Å². The maximum Gasteiger partial charge on any atom is 0.328 e. The predicted octanol–water partition coefficient (Wildman–Crippen LogP) is 2.89. The van der Waals surface area contributed by atoms with Crippen LogP contribution >= 0.6 is 22.9 Å². The van der Waals surface area contributed by atoms with Gasteiger partial charge in [0.25, 0.3) is 5.56 Å². The Hall–Kier alpha value is -3.30. The first-order valence-corrected chi connectivity index (χ1v) is 10.1. The van der Waals surface area contributed by atoms with Crippen LogP contribution in [0.3, 0.4) is 0 Å². The normalized spacial score (nSPS) is 11.0. The number of thiazole rings is 1. The number of rotatable bonds is 4. The average molecular weight is 442 g/mol. The Morgan fingerprint density at radius 3 is 2.70 bits per heavy atom. The van der Waals surface area contributed by atoms with E-state index in [-0.39, 0.29) is 23.4 Å². The van der Waals surface area contributed by atoms with Crippen molar-refractivity contribution in [2.24, 2.45) is 7.05 Å². The second-order valence-electron chi connectivity index (χ2n) is 6.63. The second-order valence-corrected chi connectivity index (χ2v) is 8.27. The van der Waals surface area contributed by atoms with Gasteiger partial charge in [-0.05, 0) is 25.1 Å². The molecule has 152 valence electrons. The lowest BCUT2D eigenvalue weighted by Crippen LogP contribution is -2.33. The number of nitrogens with zero attached hydrogens (tertiary/aromatic N) is 3. The molecule has 0 unspecified atom stereocenters. The van der Waals surface area contributed by atoms with Crippen LogP contribution < -0.4 is 16.6 Å². The minimum Gasteiger partial charge on any atom is -0.307 e. The number of aromatic amines is 1. The van der Waals surface area contributed by atoms with Crippen molar-refractivity contribution in [3.63, 3.8) is 0 Å². The van der Waals surface area contributed by atoms with Crippen molar-refractivity contribution in [2.75, 3.05) is 5.32 Å². The first kappa shape index (κ1) is 20.0. The summed E-state index contributed by atoms with van der Waals surface area (Å²) in [5.74, 6) is -0.361. The summed E-state index contributed by atoms with van der Waals surface area (Å²) in [6.07, 6.45) is 1.32. The van der Waals surface area contributed by atoms with Crippen LogP contribution in [0, 0.1) is 6.92 Å². The average Bonchev–Trinajstić information content (AvgIpc) is 3.06. The van der Waals surface area contributed by atoms with Gasteiger partial charge in [0.1, 0.15) is 0 Å². The number of nitrogens with one attached hydrogen (secondary N) is 2. The topological polar surface area (TPSA) is 110 Å². The summed E-state index contributed by atoms with van der Waals surface area (Å²) in [6.45, 7) is 1.92. The highest BCUT2D eigenvalue weighted by Crippen LogP contribution is 2.31. The van der Waals surface area contributed by atoms with Gasteiger partial charge in [-0.25, -0.2) is 9.78 Å². The molecule has 0 saturated carbocycles. The molecule has 3 aromatic heterocycles. The van der Waals surface area contributed by atoms with E-state index < -0.39 is 11.2 Å². The molecule has 10 heteroatoms. The molecule has 0 spiro atoms. The third-order valence-corrected chi connectivity index (χ3v) is 5.72. The monoisotopic (exact) mass is 441 g/mol. The number of hydrogen-bond donors (Lipinski definition) is 2. The van der Waals surface area contributed by atoms with E-state index in [0.717, 1.165) is 20.7 Å². The molecule has 0 atom stereocenters. The van der Waals surface area contributed by atoms with Crippen molar-refractivity contribution in [3.05, 3.63) is 73.0 Å². The van der Waals surface area contributed by atoms with Gasteiger partial charge < -0.3 is 10.3 Å². The Kier molecular flexibility index (Phi) is 5.23. The number of halogens is 1. The third-order valence-electron chi connectivity index (χ3n) is 4.58. The van der Waals surface area contributed by atoms with E-state index in [9.17, 15) is 14.4 Å². The van der Waals surface area contributed by atoms with Gasteiger partial charge in [0, 0.05) is 28.7 Å². The van der Waals surface area contributed by atoms with Gasteiger partial charge in [-0.15, -0.1) is 11.3 Å². The number of benzene rings is 1. The minimum absolute atomic E-state index is 0.131. The lowest BCUT2D eigenvalue weighted by Gasteiger charge is -2.06. The smallest absolute Gasteiger partial charge is 0.307 e. The molecule has 0 radical (unpaired) electrons. The minimum atomic E-state index is -0.526. The van der Waals surface area contributed by atoms with E-state index in [4.69, 9.17) is 11.6 Å². The number of hydrogen-bond acceptors (Lipinski definition) is 6. The van der Waals surface area contributed by atoms with Crippen LogP contribution in [-0.2, 0) is 18.3 Å². The standard InChI is InChI=1S/C20H16ClN5O3S/c1-10-17(11-3-5-12(21)6-4-11)25-19(30-10)24-15(27)9-14-16-13(7-8-22-14)23-20(29)26(2)18(16)28/h3-8H,9H2,1-2H3,(H,23,29)(H,24,25,27). The van der Waals surface area contributed by atoms with Gasteiger partial charge in [-0.2, -0.15) is 0 Å². The van der Waals surface area contributed by atoms with Crippen LogP contribution in [0.4, 0.5) is 5.13 Å². The van der Waals surface area contributed by atoms with Gasteiger partial charge in [0.2, 0.25) is 5.91 Å². The summed E-state index contributed by atoms with van der Waals surface area (Å²) in [6, 6.07) is 8.83. The van der Waals surface area contributed by atoms with Gasteiger partial charge in [0.05, 0.1) is 28.7 Å². The zero-order valence-corrected chi connectivity index (χ0v) is 17.6. The predicted molar refractivity (Wildman–Crippen MR) is 117 cm³/mol. The van der Waals surface area contributed by atoms with Crippen LogP contribution in [-0.4, -0.2) is 25.4 Å². The van der Waals surface area contributed by atoms with E-state index >= 15 is 0 Å². The third kappa shape index (κ3) is 3.77. The Morgan fingerprint density at radius 1 is 1.23 bits per heavy atom. The summed E-state index contributed by atoms with van der Waals surface area (Å²) in [5, 5.41) is 4.06. The number of aryl methyl sites for hydroxylation is 1. The summed E-state index contributed by atoms with van der Waals surface area (Å²) >= 11 is 7.29. The molecular weight excluding hydrogens is 426 g/mol. The summed E-state index contributed by atoms with van der Waals surface area (Å²) in [7, 11) is 1.37. The SMILES string of the molecule is Cc1sc(NC(=O)Cc2nccc3[nH]c(=O)n(C)c(=O)c23)nc1-c1ccc(Cl)cc1. The Labute approximate surface area is 179 Å². The van der Waals surface area contributed by atoms with Crippen LogP contribution in [0.15, 0.2) is 46.1 Å². The van der Waals surface area contributed by atoms with Gasteiger partial charge >= 0.3 is 5.69 Å². The lowest BCUT2D eigenvalue weighted by molar-refractivity contribution is -0.115. The molecule has 0 aliphatic heterocycles. The summed E-state index contributed by atoms with van der Waals surface area (Å²) in [5.41, 5.74) is 1.27. The molecule has 0 saturated heterocycles. The van der Waals surface area contributed by atoms with Crippen LogP contribution in [0.25, 0.3) is 22.2 Å². The van der Waals surface area contributed by atoms with Crippen molar-refractivity contribution in [3.8, 4) is 11.3 Å². The molecule has 0 bridgehead atoms. The molecule has 0 aliphatic rings. The van der Waals surface area contributed by atoms with E-state index in [1.54, 1.807) is 12.1 Å². The zero-order chi connectivity index (χ0) is 21.4. The maximum atomic E-state index is 12.6. The molecule has 1 aromatic carbocycles. The highest BCUT2D eigenvalue weighted by atomic mass is 35.5. The fraction of sp³-hybridized carbons (Fsp3) is 0.150. The van der Waals surface area contributed by atoms with Crippen molar-refractivity contribution in [1.82, 2.24) is 19.5 Å². The number of carbonyl (C=O) groups is 1. The van der Waals surface area contributed by atoms with Crippen LogP contribution in [0.2, 0.25) is 5.02 Å². The molecule has 4 rings (SSSR count). The quantitative estimate of drug-likeness (QED) is 0.506. The van der Waals surface area contributed by atoms with Crippen LogP contribution in [0.5, 0.6) is 0 Å². The van der Waals surface area contributed by atoms with Crippen molar-refractivity contribution >= 4 is 44.9 Å².